The molecule has 0 spiro atoms. The van der Waals surface area contributed by atoms with E-state index in [-0.39, 0.29) is 0 Å². The Labute approximate surface area is 43.4 Å². The smallest absolute Gasteiger partial charge is 0.0830 e. The highest BCUT2D eigenvalue weighted by molar-refractivity contribution is 4.63. The Morgan fingerprint density at radius 2 is 2.57 bits per heavy atom. The maximum absolute atomic E-state index is 5.05. The fraction of sp³-hybridized carbons (Fsp3) is 1.00. The van der Waals surface area contributed by atoms with E-state index in [1.165, 1.54) is 6.42 Å². The Hall–Kier alpha value is -0.0800. The Bertz CT molecular complexity index is 50.0. The topological polar surface area (TPSA) is 18.5 Å². The van der Waals surface area contributed by atoms with Crippen molar-refractivity contribution in [3.63, 3.8) is 0 Å². The van der Waals surface area contributed by atoms with Crippen LogP contribution < -0.4 is 0 Å². The van der Waals surface area contributed by atoms with Crippen LogP contribution in [0.4, 0.5) is 0 Å². The molecule has 0 radical (unpaired) electrons. The van der Waals surface area contributed by atoms with Crippen molar-refractivity contribution in [1.82, 2.24) is 0 Å². The lowest BCUT2D eigenvalue weighted by molar-refractivity contribution is -0.0857. The van der Waals surface area contributed by atoms with Gasteiger partial charge in [0.05, 0.1) is 12.7 Å². The average Bonchev–Trinajstić information content (AvgIpc) is 1.55. The third kappa shape index (κ3) is 1.14. The standard InChI is InChI=1S/C5H10O2/c1-6-4-5-2-3-7-5/h5H,2-4H2,1H3/t5-/m0/s1. The van der Waals surface area contributed by atoms with Crippen LogP contribution in [0.1, 0.15) is 6.42 Å². The van der Waals surface area contributed by atoms with Crippen LogP contribution in [-0.4, -0.2) is 26.4 Å². The Morgan fingerprint density at radius 1 is 1.86 bits per heavy atom. The van der Waals surface area contributed by atoms with E-state index in [4.69, 9.17) is 9.47 Å². The van der Waals surface area contributed by atoms with Crippen molar-refractivity contribution in [1.29, 1.82) is 0 Å². The number of ether oxygens (including phenoxy) is 2. The van der Waals surface area contributed by atoms with Gasteiger partial charge in [0.15, 0.2) is 0 Å². The lowest BCUT2D eigenvalue weighted by atomic mass is 10.2. The zero-order valence-electron chi connectivity index (χ0n) is 4.52. The Morgan fingerprint density at radius 3 is 2.71 bits per heavy atom. The molecular weight excluding hydrogens is 92.1 g/mol. The van der Waals surface area contributed by atoms with E-state index in [2.05, 4.69) is 0 Å². The molecule has 1 heterocycles. The number of hydrogen-bond donors (Lipinski definition) is 0. The zero-order valence-corrected chi connectivity index (χ0v) is 4.52. The lowest BCUT2D eigenvalue weighted by Crippen LogP contribution is -2.30. The molecule has 0 aromatic heterocycles. The highest BCUT2D eigenvalue weighted by Crippen LogP contribution is 2.09. The van der Waals surface area contributed by atoms with E-state index in [1.807, 2.05) is 0 Å². The molecule has 1 fully saturated rings. The highest BCUT2D eigenvalue weighted by Gasteiger charge is 2.16. The molecule has 1 atom stereocenters. The van der Waals surface area contributed by atoms with Crippen LogP contribution in [0.2, 0.25) is 0 Å². The summed E-state index contributed by atoms with van der Waals surface area (Å²) >= 11 is 0. The Balaban J connectivity index is 1.93. The second-order valence-corrected chi connectivity index (χ2v) is 1.74. The summed E-state index contributed by atoms with van der Waals surface area (Å²) in [7, 11) is 1.70. The summed E-state index contributed by atoms with van der Waals surface area (Å²) < 4.78 is 9.87. The van der Waals surface area contributed by atoms with Crippen molar-refractivity contribution in [2.75, 3.05) is 20.3 Å². The molecule has 7 heavy (non-hydrogen) atoms. The van der Waals surface area contributed by atoms with Gasteiger partial charge in [0.2, 0.25) is 0 Å². The summed E-state index contributed by atoms with van der Waals surface area (Å²) in [5.74, 6) is 0. The fourth-order valence-corrected chi connectivity index (χ4v) is 0.602. The van der Waals surface area contributed by atoms with Crippen molar-refractivity contribution < 1.29 is 9.47 Å². The van der Waals surface area contributed by atoms with Crippen LogP contribution in [0.15, 0.2) is 0 Å². The molecule has 1 saturated heterocycles. The molecule has 0 bridgehead atoms. The minimum absolute atomic E-state index is 0.407. The van der Waals surface area contributed by atoms with Crippen molar-refractivity contribution in [2.24, 2.45) is 0 Å². The number of rotatable bonds is 2. The van der Waals surface area contributed by atoms with E-state index in [9.17, 15) is 0 Å². The van der Waals surface area contributed by atoms with E-state index >= 15 is 0 Å². The normalized spacial score (nSPS) is 29.6. The molecule has 0 aliphatic carbocycles. The van der Waals surface area contributed by atoms with Gasteiger partial charge in [-0.2, -0.15) is 0 Å². The maximum Gasteiger partial charge on any atom is 0.0830 e. The lowest BCUT2D eigenvalue weighted by Gasteiger charge is -2.24. The fourth-order valence-electron chi connectivity index (χ4n) is 0.602. The largest absolute Gasteiger partial charge is 0.382 e. The average molecular weight is 102 g/mol. The van der Waals surface area contributed by atoms with Gasteiger partial charge in [0, 0.05) is 13.7 Å². The van der Waals surface area contributed by atoms with Crippen molar-refractivity contribution >= 4 is 0 Å². The molecule has 1 aliphatic rings. The molecule has 0 N–H and O–H groups in total. The monoisotopic (exact) mass is 102 g/mol. The molecule has 0 unspecified atom stereocenters. The molecule has 2 nitrogen and oxygen atoms in total. The molecule has 42 valence electrons. The van der Waals surface area contributed by atoms with E-state index in [1.54, 1.807) is 7.11 Å². The Kier molecular flexibility index (Phi) is 1.65. The second kappa shape index (κ2) is 2.28. The van der Waals surface area contributed by atoms with Crippen LogP contribution in [0.3, 0.4) is 0 Å². The van der Waals surface area contributed by atoms with Gasteiger partial charge in [-0.15, -0.1) is 0 Å². The van der Waals surface area contributed by atoms with E-state index in [0.29, 0.717) is 6.10 Å². The van der Waals surface area contributed by atoms with Gasteiger partial charge in [0.25, 0.3) is 0 Å². The van der Waals surface area contributed by atoms with Gasteiger partial charge >= 0.3 is 0 Å². The predicted octanol–water partition coefficient (Wildman–Crippen LogP) is 0.422. The minimum Gasteiger partial charge on any atom is -0.382 e. The highest BCUT2D eigenvalue weighted by atomic mass is 16.5. The molecule has 0 saturated carbocycles. The first kappa shape index (κ1) is 5.06. The first-order valence-corrected chi connectivity index (χ1v) is 2.54. The van der Waals surface area contributed by atoms with E-state index in [0.717, 1.165) is 13.2 Å². The first-order valence-electron chi connectivity index (χ1n) is 2.54. The van der Waals surface area contributed by atoms with Crippen LogP contribution in [0.25, 0.3) is 0 Å². The van der Waals surface area contributed by atoms with Crippen LogP contribution in [0, 0.1) is 0 Å². The SMILES string of the molecule is COC[C@@H]1CCO1. The van der Waals surface area contributed by atoms with E-state index < -0.39 is 0 Å². The van der Waals surface area contributed by atoms with Gasteiger partial charge in [-0.1, -0.05) is 0 Å². The summed E-state index contributed by atoms with van der Waals surface area (Å²) in [5.41, 5.74) is 0. The molecule has 1 rings (SSSR count). The molecule has 0 aromatic carbocycles. The molecule has 1 aliphatic heterocycles. The van der Waals surface area contributed by atoms with Gasteiger partial charge in [-0.3, -0.25) is 0 Å². The van der Waals surface area contributed by atoms with Gasteiger partial charge in [0.1, 0.15) is 0 Å². The molecule has 0 amide bonds. The van der Waals surface area contributed by atoms with Crippen LogP contribution in [0.5, 0.6) is 0 Å². The number of hydrogen-bond acceptors (Lipinski definition) is 2. The van der Waals surface area contributed by atoms with Crippen LogP contribution in [-0.2, 0) is 9.47 Å². The van der Waals surface area contributed by atoms with Gasteiger partial charge < -0.3 is 9.47 Å². The molecule has 2 heteroatoms. The number of methoxy groups -OCH3 is 1. The van der Waals surface area contributed by atoms with Gasteiger partial charge in [-0.05, 0) is 6.42 Å². The third-order valence-corrected chi connectivity index (χ3v) is 1.15. The zero-order chi connectivity index (χ0) is 5.11. The summed E-state index contributed by atoms with van der Waals surface area (Å²) in [5, 5.41) is 0. The summed E-state index contributed by atoms with van der Waals surface area (Å²) in [4.78, 5) is 0. The maximum atomic E-state index is 5.05. The third-order valence-electron chi connectivity index (χ3n) is 1.15. The summed E-state index contributed by atoms with van der Waals surface area (Å²) in [6.07, 6.45) is 1.58. The van der Waals surface area contributed by atoms with Crippen molar-refractivity contribution in [3.8, 4) is 0 Å². The molecule has 0 aromatic rings. The summed E-state index contributed by atoms with van der Waals surface area (Å²) in [6, 6.07) is 0. The first-order chi connectivity index (χ1) is 3.43. The second-order valence-electron chi connectivity index (χ2n) is 1.74. The quantitative estimate of drug-likeness (QED) is 0.503. The van der Waals surface area contributed by atoms with Crippen molar-refractivity contribution in [3.05, 3.63) is 0 Å². The van der Waals surface area contributed by atoms with Gasteiger partial charge in [-0.25, -0.2) is 0 Å². The van der Waals surface area contributed by atoms with Crippen molar-refractivity contribution in [2.45, 2.75) is 12.5 Å². The summed E-state index contributed by atoms with van der Waals surface area (Å²) in [6.45, 7) is 1.69. The predicted molar refractivity (Wildman–Crippen MR) is 26.2 cm³/mol. The van der Waals surface area contributed by atoms with Crippen LogP contribution >= 0.6 is 0 Å². The minimum atomic E-state index is 0.407. The molecular formula is C5H10O2.